The van der Waals surface area contributed by atoms with E-state index in [4.69, 9.17) is 4.98 Å². The fourth-order valence-electron chi connectivity index (χ4n) is 4.12. The fraction of sp³-hybridized carbons (Fsp3) is 0.400. The van der Waals surface area contributed by atoms with E-state index in [-0.39, 0.29) is 12.1 Å². The minimum absolute atomic E-state index is 0.0835. The van der Waals surface area contributed by atoms with Gasteiger partial charge in [-0.1, -0.05) is 42.1 Å². The zero-order chi connectivity index (χ0) is 23.0. The molecule has 7 nitrogen and oxygen atoms in total. The van der Waals surface area contributed by atoms with E-state index in [0.717, 1.165) is 63.3 Å². The van der Waals surface area contributed by atoms with Crippen LogP contribution in [-0.4, -0.2) is 47.5 Å². The first kappa shape index (κ1) is 21.8. The number of fused-ring (bicyclic) bond motifs is 2. The normalized spacial score (nSPS) is 18.9. The lowest BCUT2D eigenvalue weighted by Crippen LogP contribution is -2.36. The summed E-state index contributed by atoms with van der Waals surface area (Å²) in [7, 11) is 0. The number of nitrogens with zero attached hydrogens (tertiary/aromatic N) is 4. The van der Waals surface area contributed by atoms with Crippen LogP contribution in [0.4, 0.5) is 5.13 Å². The quantitative estimate of drug-likeness (QED) is 0.399. The van der Waals surface area contributed by atoms with E-state index in [1.807, 2.05) is 16.7 Å². The molecular formula is C25H27N5O2S. The monoisotopic (exact) mass is 461 g/mol. The lowest BCUT2D eigenvalue weighted by molar-refractivity contribution is 0.116. The summed E-state index contributed by atoms with van der Waals surface area (Å²) in [6.45, 7) is 3.95. The van der Waals surface area contributed by atoms with Gasteiger partial charge in [0, 0.05) is 11.8 Å². The Hall–Kier alpha value is -2.99. The van der Waals surface area contributed by atoms with Gasteiger partial charge >= 0.3 is 0 Å². The molecule has 1 saturated carbocycles. The molecule has 3 aromatic heterocycles. The molecule has 0 unspecified atom stereocenters. The number of anilines is 1. The summed E-state index contributed by atoms with van der Waals surface area (Å²) >= 11 is 1.62. The maximum atomic E-state index is 10.2. The van der Waals surface area contributed by atoms with Crippen LogP contribution in [0, 0.1) is 11.8 Å². The van der Waals surface area contributed by atoms with E-state index < -0.39 is 5.60 Å². The highest BCUT2D eigenvalue weighted by Gasteiger charge is 2.23. The van der Waals surface area contributed by atoms with Crippen molar-refractivity contribution in [2.24, 2.45) is 0 Å². The van der Waals surface area contributed by atoms with Gasteiger partial charge in [0.2, 0.25) is 0 Å². The first-order valence-electron chi connectivity index (χ1n) is 11.2. The summed E-state index contributed by atoms with van der Waals surface area (Å²) < 4.78 is 3.13. The van der Waals surface area contributed by atoms with Crippen LogP contribution in [0.3, 0.4) is 0 Å². The number of pyridine rings is 1. The highest BCUT2D eigenvalue weighted by molar-refractivity contribution is 7.22. The van der Waals surface area contributed by atoms with E-state index in [0.29, 0.717) is 6.54 Å². The van der Waals surface area contributed by atoms with Gasteiger partial charge in [0.25, 0.3) is 0 Å². The molecule has 3 N–H and O–H groups in total. The molecule has 0 radical (unpaired) electrons. The van der Waals surface area contributed by atoms with Gasteiger partial charge in [0.15, 0.2) is 10.8 Å². The van der Waals surface area contributed by atoms with Gasteiger partial charge in [-0.15, -0.1) is 0 Å². The standard InChI is InChI=1S/C25H27N5O2S/c1-25(2,32)10-9-16-11-20-23(26-13-16)30(15-27-20)14-17-7-8-19-22(12-17)33-24(29-19)28-18-5-3-4-6-21(18)31/h7-8,11-13,15,18,21,31-32H,3-6,14H2,1-2H3,(H,28,29)/t18-,21-/m1/s1. The van der Waals surface area contributed by atoms with Crippen molar-refractivity contribution < 1.29 is 10.2 Å². The number of aliphatic hydroxyl groups is 2. The molecule has 3 heterocycles. The maximum absolute atomic E-state index is 10.2. The van der Waals surface area contributed by atoms with Crippen LogP contribution in [0.2, 0.25) is 0 Å². The highest BCUT2D eigenvalue weighted by atomic mass is 32.1. The smallest absolute Gasteiger partial charge is 0.184 e. The molecule has 0 amide bonds. The largest absolute Gasteiger partial charge is 0.391 e. The number of nitrogens with one attached hydrogen (secondary N) is 1. The SMILES string of the molecule is CC(C)(O)C#Cc1cnc2c(c1)ncn2Cc1ccc2nc(N[C@@H]3CCCC[C@H]3O)sc2c1. The van der Waals surface area contributed by atoms with E-state index in [9.17, 15) is 10.2 Å². The summed E-state index contributed by atoms with van der Waals surface area (Å²) in [4.78, 5) is 13.7. The zero-order valence-electron chi connectivity index (χ0n) is 18.7. The molecule has 170 valence electrons. The first-order chi connectivity index (χ1) is 15.8. The van der Waals surface area contributed by atoms with Gasteiger partial charge in [-0.25, -0.2) is 15.0 Å². The van der Waals surface area contributed by atoms with Crippen LogP contribution >= 0.6 is 11.3 Å². The Bertz CT molecular complexity index is 1360. The predicted octanol–water partition coefficient (Wildman–Crippen LogP) is 3.93. The Balaban J connectivity index is 1.34. The van der Waals surface area contributed by atoms with Gasteiger partial charge < -0.3 is 20.1 Å². The molecule has 0 bridgehead atoms. The van der Waals surface area contributed by atoms with E-state index in [2.05, 4.69) is 39.3 Å². The summed E-state index contributed by atoms with van der Waals surface area (Å²) in [5.41, 5.74) is 3.34. The molecular weight excluding hydrogens is 434 g/mol. The molecule has 1 fully saturated rings. The molecule has 4 aromatic rings. The number of hydrogen-bond acceptors (Lipinski definition) is 7. The van der Waals surface area contributed by atoms with Gasteiger partial charge in [-0.05, 0) is 50.5 Å². The third-order valence-electron chi connectivity index (χ3n) is 5.81. The maximum Gasteiger partial charge on any atom is 0.184 e. The summed E-state index contributed by atoms with van der Waals surface area (Å²) in [5, 5.41) is 24.3. The Morgan fingerprint density at radius 3 is 2.85 bits per heavy atom. The van der Waals surface area contributed by atoms with Crippen LogP contribution < -0.4 is 5.32 Å². The second kappa shape index (κ2) is 8.75. The van der Waals surface area contributed by atoms with Crippen molar-refractivity contribution in [1.82, 2.24) is 19.5 Å². The second-order valence-corrected chi connectivity index (χ2v) is 10.2. The molecule has 1 aliphatic carbocycles. The average molecular weight is 462 g/mol. The Labute approximate surface area is 196 Å². The summed E-state index contributed by atoms with van der Waals surface area (Å²) in [6, 6.07) is 8.25. The molecule has 0 spiro atoms. The van der Waals surface area contributed by atoms with Crippen LogP contribution in [0.25, 0.3) is 21.4 Å². The Morgan fingerprint density at radius 2 is 2.03 bits per heavy atom. The number of benzene rings is 1. The Morgan fingerprint density at radius 1 is 1.18 bits per heavy atom. The average Bonchev–Trinajstić information content (AvgIpc) is 3.36. The molecule has 1 aromatic carbocycles. The summed E-state index contributed by atoms with van der Waals surface area (Å²) in [6.07, 6.45) is 7.27. The number of rotatable bonds is 4. The van der Waals surface area contributed by atoms with Crippen LogP contribution in [0.1, 0.15) is 50.7 Å². The van der Waals surface area contributed by atoms with Crippen LogP contribution in [-0.2, 0) is 6.54 Å². The minimum Gasteiger partial charge on any atom is -0.391 e. The van der Waals surface area contributed by atoms with Crippen molar-refractivity contribution in [3.63, 3.8) is 0 Å². The van der Waals surface area contributed by atoms with Crippen LogP contribution in [0.5, 0.6) is 0 Å². The highest BCUT2D eigenvalue weighted by Crippen LogP contribution is 2.30. The Kier molecular flexibility index (Phi) is 5.79. The third-order valence-corrected chi connectivity index (χ3v) is 6.76. The number of thiazole rings is 1. The topological polar surface area (TPSA) is 96.1 Å². The van der Waals surface area contributed by atoms with Crippen molar-refractivity contribution in [3.8, 4) is 11.8 Å². The molecule has 2 atom stereocenters. The molecule has 33 heavy (non-hydrogen) atoms. The number of aromatic nitrogens is 4. The van der Waals surface area contributed by atoms with Gasteiger partial charge in [-0.3, -0.25) is 0 Å². The molecule has 5 rings (SSSR count). The predicted molar refractivity (Wildman–Crippen MR) is 131 cm³/mol. The summed E-state index contributed by atoms with van der Waals surface area (Å²) in [5.74, 6) is 5.75. The lowest BCUT2D eigenvalue weighted by atomic mass is 9.93. The zero-order valence-corrected chi connectivity index (χ0v) is 19.6. The number of aliphatic hydroxyl groups excluding tert-OH is 1. The van der Waals surface area contributed by atoms with E-state index in [1.165, 1.54) is 0 Å². The van der Waals surface area contributed by atoms with Gasteiger partial charge in [0.05, 0.1) is 35.2 Å². The fourth-order valence-corrected chi connectivity index (χ4v) is 5.11. The first-order valence-corrected chi connectivity index (χ1v) is 12.1. The van der Waals surface area contributed by atoms with E-state index >= 15 is 0 Å². The van der Waals surface area contributed by atoms with Crippen LogP contribution in [0.15, 0.2) is 36.8 Å². The number of imidazole rings is 1. The molecule has 8 heteroatoms. The number of hydrogen-bond donors (Lipinski definition) is 3. The molecule has 1 aliphatic rings. The molecule has 0 aliphatic heterocycles. The van der Waals surface area contributed by atoms with Crippen molar-refractivity contribution >= 4 is 37.8 Å². The van der Waals surface area contributed by atoms with Crippen molar-refractivity contribution in [1.29, 1.82) is 0 Å². The molecule has 0 saturated heterocycles. The van der Waals surface area contributed by atoms with Crippen molar-refractivity contribution in [3.05, 3.63) is 47.9 Å². The van der Waals surface area contributed by atoms with Gasteiger partial charge in [0.1, 0.15) is 11.1 Å². The van der Waals surface area contributed by atoms with E-state index in [1.54, 1.807) is 37.7 Å². The van der Waals surface area contributed by atoms with Crippen molar-refractivity contribution in [2.45, 2.75) is 63.8 Å². The lowest BCUT2D eigenvalue weighted by Gasteiger charge is -2.27. The third kappa shape index (κ3) is 5.01. The minimum atomic E-state index is -1.05. The van der Waals surface area contributed by atoms with Crippen molar-refractivity contribution in [2.75, 3.05) is 5.32 Å². The van der Waals surface area contributed by atoms with Gasteiger partial charge in [-0.2, -0.15) is 0 Å². The second-order valence-electron chi connectivity index (χ2n) is 9.17.